The van der Waals surface area contributed by atoms with Crippen LogP contribution in [0.4, 0.5) is 0 Å². The van der Waals surface area contributed by atoms with Crippen LogP contribution in [0.3, 0.4) is 0 Å². The number of hydrogen-bond acceptors (Lipinski definition) is 5. The van der Waals surface area contributed by atoms with Crippen molar-refractivity contribution < 1.29 is 19.4 Å². The Morgan fingerprint density at radius 1 is 1.14 bits per heavy atom. The lowest BCUT2D eigenvalue weighted by Gasteiger charge is -2.19. The minimum absolute atomic E-state index is 0.00517. The highest BCUT2D eigenvalue weighted by atomic mass is 16.4. The highest BCUT2D eigenvalue weighted by Gasteiger charge is 2.19. The summed E-state index contributed by atoms with van der Waals surface area (Å²) in [6, 6.07) is 12.2. The lowest BCUT2D eigenvalue weighted by Crippen LogP contribution is -2.45. The van der Waals surface area contributed by atoms with Crippen molar-refractivity contribution in [2.45, 2.75) is 32.5 Å². The predicted octanol–water partition coefficient (Wildman–Crippen LogP) is 2.07. The highest BCUT2D eigenvalue weighted by Crippen LogP contribution is 2.32. The fraction of sp³-hybridized carbons (Fsp3) is 0.273. The van der Waals surface area contributed by atoms with Gasteiger partial charge in [-0.1, -0.05) is 18.2 Å². The fourth-order valence-electron chi connectivity index (χ4n) is 3.74. The quantitative estimate of drug-likeness (QED) is 0.450. The van der Waals surface area contributed by atoms with Crippen molar-refractivity contribution in [2.75, 3.05) is 6.61 Å². The van der Waals surface area contributed by atoms with Crippen LogP contribution < -0.4 is 10.9 Å². The van der Waals surface area contributed by atoms with E-state index in [2.05, 4.69) is 5.32 Å². The van der Waals surface area contributed by atoms with Gasteiger partial charge < -0.3 is 24.5 Å². The highest BCUT2D eigenvalue weighted by molar-refractivity contribution is 6.12. The van der Waals surface area contributed by atoms with Crippen molar-refractivity contribution in [1.82, 2.24) is 9.88 Å². The van der Waals surface area contributed by atoms with Crippen molar-refractivity contribution in [1.29, 1.82) is 0 Å². The van der Waals surface area contributed by atoms with Gasteiger partial charge in [-0.15, -0.1) is 0 Å². The molecule has 2 heterocycles. The SMILES string of the molecule is Cc1cc(=O)oc2cc3c(cc12)c1ccccc1n3CC(=O)NC(CO)[C@@H](C)O. The van der Waals surface area contributed by atoms with Crippen LogP contribution in [-0.2, 0) is 11.3 Å². The second kappa shape index (κ2) is 7.35. The number of aliphatic hydroxyl groups is 2. The van der Waals surface area contributed by atoms with Gasteiger partial charge in [0, 0.05) is 33.8 Å². The Morgan fingerprint density at radius 2 is 1.90 bits per heavy atom. The maximum atomic E-state index is 12.6. The van der Waals surface area contributed by atoms with E-state index in [1.54, 1.807) is 6.07 Å². The summed E-state index contributed by atoms with van der Waals surface area (Å²) >= 11 is 0. The summed E-state index contributed by atoms with van der Waals surface area (Å²) in [4.78, 5) is 24.4. The van der Waals surface area contributed by atoms with Crippen molar-refractivity contribution in [3.63, 3.8) is 0 Å². The summed E-state index contributed by atoms with van der Waals surface area (Å²) in [6.45, 7) is 3.02. The smallest absolute Gasteiger partial charge is 0.336 e. The summed E-state index contributed by atoms with van der Waals surface area (Å²) in [6.07, 6.45) is -0.872. The van der Waals surface area contributed by atoms with Crippen molar-refractivity contribution in [2.24, 2.45) is 0 Å². The van der Waals surface area contributed by atoms with Crippen LogP contribution in [0.25, 0.3) is 32.8 Å². The summed E-state index contributed by atoms with van der Waals surface area (Å²) < 4.78 is 7.23. The molecule has 2 atom stereocenters. The summed E-state index contributed by atoms with van der Waals surface area (Å²) in [5.41, 5.74) is 2.50. The fourth-order valence-corrected chi connectivity index (χ4v) is 3.74. The van der Waals surface area contributed by atoms with Crippen LogP contribution in [0, 0.1) is 6.92 Å². The Bertz CT molecular complexity index is 1290. The molecule has 150 valence electrons. The van der Waals surface area contributed by atoms with Crippen LogP contribution in [-0.4, -0.2) is 39.4 Å². The first-order chi connectivity index (χ1) is 13.9. The van der Waals surface area contributed by atoms with E-state index < -0.39 is 17.8 Å². The second-order valence-corrected chi connectivity index (χ2v) is 7.31. The first kappa shape index (κ1) is 19.2. The molecule has 4 rings (SSSR count). The number of amides is 1. The molecule has 0 aliphatic carbocycles. The van der Waals surface area contributed by atoms with Crippen molar-refractivity contribution >= 4 is 38.7 Å². The van der Waals surface area contributed by atoms with Crippen LogP contribution in [0.1, 0.15) is 12.5 Å². The van der Waals surface area contributed by atoms with Crippen molar-refractivity contribution in [3.8, 4) is 0 Å². The number of carbonyl (C=O) groups is 1. The van der Waals surface area contributed by atoms with E-state index >= 15 is 0 Å². The summed E-state index contributed by atoms with van der Waals surface area (Å²) in [7, 11) is 0. The summed E-state index contributed by atoms with van der Waals surface area (Å²) in [5.74, 6) is -0.335. The van der Waals surface area contributed by atoms with E-state index in [9.17, 15) is 19.8 Å². The Kier molecular flexibility index (Phi) is 4.86. The Labute approximate surface area is 166 Å². The number of nitrogens with one attached hydrogen (secondary N) is 1. The standard InChI is InChI=1S/C22H22N2O5/c1-12-7-22(28)29-20-9-19-16(8-15(12)20)14-5-3-4-6-18(14)24(19)10-21(27)23-17(11-25)13(2)26/h3-9,13,17,25-26H,10-11H2,1-2H3,(H,23,27)/t13-,17?/m1/s1. The zero-order valence-corrected chi connectivity index (χ0v) is 16.2. The number of hydrogen-bond donors (Lipinski definition) is 3. The minimum Gasteiger partial charge on any atom is -0.423 e. The van der Waals surface area contributed by atoms with E-state index in [0.717, 1.165) is 32.8 Å². The van der Waals surface area contributed by atoms with Gasteiger partial charge in [0.05, 0.1) is 24.3 Å². The molecule has 0 aliphatic heterocycles. The number of fused-ring (bicyclic) bond motifs is 4. The largest absolute Gasteiger partial charge is 0.423 e. The number of aryl methyl sites for hydroxylation is 1. The molecule has 0 radical (unpaired) electrons. The number of para-hydroxylation sites is 1. The Morgan fingerprint density at radius 3 is 2.62 bits per heavy atom. The van der Waals surface area contributed by atoms with Crippen LogP contribution in [0.5, 0.6) is 0 Å². The molecule has 0 bridgehead atoms. The third kappa shape index (κ3) is 3.39. The molecule has 0 fully saturated rings. The van der Waals surface area contributed by atoms with Gasteiger partial charge in [0.25, 0.3) is 0 Å². The maximum Gasteiger partial charge on any atom is 0.336 e. The number of carbonyl (C=O) groups excluding carboxylic acids is 1. The van der Waals surface area contributed by atoms with Crippen molar-refractivity contribution in [3.05, 3.63) is 58.4 Å². The molecule has 2 aromatic heterocycles. The third-order valence-electron chi connectivity index (χ3n) is 5.27. The van der Waals surface area contributed by atoms with Gasteiger partial charge in [-0.05, 0) is 31.5 Å². The molecular formula is C22H22N2O5. The zero-order chi connectivity index (χ0) is 20.7. The average molecular weight is 394 g/mol. The van der Waals surface area contributed by atoms with E-state index in [-0.39, 0.29) is 19.1 Å². The van der Waals surface area contributed by atoms with E-state index in [1.165, 1.54) is 13.0 Å². The average Bonchev–Trinajstić information content (AvgIpc) is 2.97. The number of benzene rings is 2. The van der Waals surface area contributed by atoms with Gasteiger partial charge in [0.2, 0.25) is 5.91 Å². The normalized spacial score (nSPS) is 13.8. The molecule has 0 saturated heterocycles. The minimum atomic E-state index is -0.872. The van der Waals surface area contributed by atoms with E-state index in [0.29, 0.717) is 5.58 Å². The molecule has 1 unspecified atom stereocenters. The number of aromatic nitrogens is 1. The molecule has 4 aromatic rings. The third-order valence-corrected chi connectivity index (χ3v) is 5.27. The lowest BCUT2D eigenvalue weighted by atomic mass is 10.1. The molecule has 1 amide bonds. The topological polar surface area (TPSA) is 105 Å². The molecule has 0 aliphatic rings. The molecule has 0 spiro atoms. The Balaban J connectivity index is 1.89. The van der Waals surface area contributed by atoms with Crippen LogP contribution in [0.2, 0.25) is 0 Å². The summed E-state index contributed by atoms with van der Waals surface area (Å²) in [5, 5.41) is 24.5. The number of aliphatic hydroxyl groups excluding tert-OH is 2. The molecule has 3 N–H and O–H groups in total. The molecule has 7 heteroatoms. The van der Waals surface area contributed by atoms with Gasteiger partial charge in [-0.25, -0.2) is 4.79 Å². The number of nitrogens with zero attached hydrogens (tertiary/aromatic N) is 1. The number of rotatable bonds is 5. The monoisotopic (exact) mass is 394 g/mol. The van der Waals surface area contributed by atoms with Gasteiger partial charge in [0.1, 0.15) is 12.1 Å². The maximum absolute atomic E-state index is 12.6. The van der Waals surface area contributed by atoms with E-state index in [4.69, 9.17) is 4.42 Å². The predicted molar refractivity (Wildman–Crippen MR) is 111 cm³/mol. The zero-order valence-electron chi connectivity index (χ0n) is 16.2. The molecule has 0 saturated carbocycles. The lowest BCUT2D eigenvalue weighted by molar-refractivity contribution is -0.123. The van der Waals surface area contributed by atoms with Gasteiger partial charge >= 0.3 is 5.63 Å². The molecular weight excluding hydrogens is 372 g/mol. The van der Waals surface area contributed by atoms with Crippen LogP contribution >= 0.6 is 0 Å². The first-order valence-corrected chi connectivity index (χ1v) is 9.42. The second-order valence-electron chi connectivity index (χ2n) is 7.31. The van der Waals surface area contributed by atoms with Crippen LogP contribution in [0.15, 0.2) is 51.7 Å². The molecule has 2 aromatic carbocycles. The van der Waals surface area contributed by atoms with Gasteiger partial charge in [0.15, 0.2) is 0 Å². The van der Waals surface area contributed by atoms with Gasteiger partial charge in [-0.3, -0.25) is 4.79 Å². The Hall–Kier alpha value is -3.16. The molecule has 29 heavy (non-hydrogen) atoms. The van der Waals surface area contributed by atoms with Gasteiger partial charge in [-0.2, -0.15) is 0 Å². The molecule has 7 nitrogen and oxygen atoms in total. The first-order valence-electron chi connectivity index (χ1n) is 9.42. The van der Waals surface area contributed by atoms with E-state index in [1.807, 2.05) is 41.8 Å².